The number of aliphatic imine (C=N–C) groups is 1. The fourth-order valence-electron chi connectivity index (χ4n) is 2.99. The number of rotatable bonds is 8. The molecule has 2 rings (SSSR count). The maximum Gasteiger partial charge on any atom is 0.191 e. The Bertz CT molecular complexity index is 528. The van der Waals surface area contributed by atoms with E-state index in [4.69, 9.17) is 4.74 Å². The summed E-state index contributed by atoms with van der Waals surface area (Å²) in [5, 5.41) is 16.2. The van der Waals surface area contributed by atoms with Crippen LogP contribution < -0.4 is 15.4 Å². The van der Waals surface area contributed by atoms with Crippen molar-refractivity contribution in [1.29, 1.82) is 0 Å². The normalized spacial score (nSPS) is 16.7. The highest BCUT2D eigenvalue weighted by atomic mass is 16.5. The monoisotopic (exact) mass is 348 g/mol. The molecular weight excluding hydrogens is 316 g/mol. The third-order valence-electron chi connectivity index (χ3n) is 4.44. The van der Waals surface area contributed by atoms with E-state index in [1.165, 1.54) is 0 Å². The average Bonchev–Trinajstić information content (AvgIpc) is 2.64. The lowest BCUT2D eigenvalue weighted by Gasteiger charge is -2.29. The van der Waals surface area contributed by atoms with E-state index in [-0.39, 0.29) is 6.10 Å². The van der Waals surface area contributed by atoms with Gasteiger partial charge in [0.25, 0.3) is 0 Å². The number of ether oxygens (including phenoxy) is 1. The van der Waals surface area contributed by atoms with Gasteiger partial charge in [-0.15, -0.1) is 0 Å². The summed E-state index contributed by atoms with van der Waals surface area (Å²) >= 11 is 0. The first-order chi connectivity index (χ1) is 12.2. The number of benzene rings is 1. The van der Waals surface area contributed by atoms with Crippen molar-refractivity contribution >= 4 is 5.96 Å². The van der Waals surface area contributed by atoms with Gasteiger partial charge in [-0.3, -0.25) is 0 Å². The summed E-state index contributed by atoms with van der Waals surface area (Å²) in [5.74, 6) is 1.71. The fourth-order valence-corrected chi connectivity index (χ4v) is 2.99. The number of nitrogens with one attached hydrogen (secondary N) is 2. The molecule has 0 radical (unpaired) electrons. The molecule has 140 valence electrons. The number of methoxy groups -OCH3 is 1. The van der Waals surface area contributed by atoms with Crippen LogP contribution in [0.3, 0.4) is 0 Å². The highest BCUT2D eigenvalue weighted by molar-refractivity contribution is 5.79. The highest BCUT2D eigenvalue weighted by Gasteiger charge is 2.15. The predicted molar refractivity (Wildman–Crippen MR) is 102 cm³/mol. The summed E-state index contributed by atoms with van der Waals surface area (Å²) < 4.78 is 5.38. The zero-order valence-electron chi connectivity index (χ0n) is 15.5. The molecule has 1 fully saturated rings. The largest absolute Gasteiger partial charge is 0.496 e. The molecule has 0 atom stereocenters. The molecule has 0 spiro atoms. The molecular formula is C19H32N4O2. The SMILES string of the molecule is CCNC(=NCc1ccccc1OC)NCCCN1CCC(O)CC1. The quantitative estimate of drug-likeness (QED) is 0.378. The van der Waals surface area contributed by atoms with Crippen LogP contribution in [0.5, 0.6) is 5.75 Å². The van der Waals surface area contributed by atoms with Gasteiger partial charge in [0.05, 0.1) is 19.8 Å². The first kappa shape index (κ1) is 19.5. The second-order valence-corrected chi connectivity index (χ2v) is 6.36. The van der Waals surface area contributed by atoms with Crippen LogP contribution in [0, 0.1) is 0 Å². The van der Waals surface area contributed by atoms with E-state index in [0.717, 1.165) is 69.3 Å². The van der Waals surface area contributed by atoms with Crippen molar-refractivity contribution in [2.24, 2.45) is 4.99 Å². The lowest BCUT2D eigenvalue weighted by molar-refractivity contribution is 0.0823. The Kier molecular flexibility index (Phi) is 8.55. The van der Waals surface area contributed by atoms with Crippen LogP contribution in [0.25, 0.3) is 0 Å². The van der Waals surface area contributed by atoms with Gasteiger partial charge in [-0.05, 0) is 38.8 Å². The Morgan fingerprint density at radius 1 is 1.28 bits per heavy atom. The summed E-state index contributed by atoms with van der Waals surface area (Å²) in [7, 11) is 1.69. The van der Waals surface area contributed by atoms with Gasteiger partial charge >= 0.3 is 0 Å². The first-order valence-corrected chi connectivity index (χ1v) is 9.27. The zero-order valence-corrected chi connectivity index (χ0v) is 15.5. The Morgan fingerprint density at radius 3 is 2.76 bits per heavy atom. The Hall–Kier alpha value is -1.79. The topological polar surface area (TPSA) is 69.1 Å². The maximum absolute atomic E-state index is 9.55. The molecule has 0 bridgehead atoms. The predicted octanol–water partition coefficient (Wildman–Crippen LogP) is 1.60. The van der Waals surface area contributed by atoms with Crippen molar-refractivity contribution < 1.29 is 9.84 Å². The number of hydrogen-bond acceptors (Lipinski definition) is 4. The van der Waals surface area contributed by atoms with E-state index in [9.17, 15) is 5.11 Å². The summed E-state index contributed by atoms with van der Waals surface area (Å²) in [6.07, 6.45) is 2.76. The Balaban J connectivity index is 1.75. The molecule has 6 heteroatoms. The molecule has 25 heavy (non-hydrogen) atoms. The molecule has 0 unspecified atom stereocenters. The minimum Gasteiger partial charge on any atom is -0.496 e. The maximum atomic E-state index is 9.55. The molecule has 0 aliphatic carbocycles. The molecule has 6 nitrogen and oxygen atoms in total. The van der Waals surface area contributed by atoms with Crippen LogP contribution in [-0.2, 0) is 6.54 Å². The molecule has 1 heterocycles. The van der Waals surface area contributed by atoms with Crippen LogP contribution in [0.15, 0.2) is 29.3 Å². The van der Waals surface area contributed by atoms with Gasteiger partial charge in [-0.1, -0.05) is 18.2 Å². The first-order valence-electron chi connectivity index (χ1n) is 9.27. The van der Waals surface area contributed by atoms with E-state index < -0.39 is 0 Å². The smallest absolute Gasteiger partial charge is 0.191 e. The fraction of sp³-hybridized carbons (Fsp3) is 0.632. The molecule has 3 N–H and O–H groups in total. The van der Waals surface area contributed by atoms with E-state index >= 15 is 0 Å². The van der Waals surface area contributed by atoms with Gasteiger partial charge in [0, 0.05) is 31.7 Å². The average molecular weight is 348 g/mol. The van der Waals surface area contributed by atoms with Gasteiger partial charge in [0.2, 0.25) is 0 Å². The molecule has 1 aliphatic rings. The van der Waals surface area contributed by atoms with Crippen molar-refractivity contribution in [1.82, 2.24) is 15.5 Å². The number of piperidine rings is 1. The van der Waals surface area contributed by atoms with Gasteiger partial charge in [-0.2, -0.15) is 0 Å². The lowest BCUT2D eigenvalue weighted by Crippen LogP contribution is -2.40. The van der Waals surface area contributed by atoms with Crippen molar-refractivity contribution in [2.75, 3.05) is 39.8 Å². The Morgan fingerprint density at radius 2 is 2.04 bits per heavy atom. The van der Waals surface area contributed by atoms with Gasteiger partial charge < -0.3 is 25.4 Å². The van der Waals surface area contributed by atoms with Gasteiger partial charge in [0.15, 0.2) is 5.96 Å². The second-order valence-electron chi connectivity index (χ2n) is 6.36. The summed E-state index contributed by atoms with van der Waals surface area (Å²) in [4.78, 5) is 7.08. The van der Waals surface area contributed by atoms with E-state index in [1.54, 1.807) is 7.11 Å². The molecule has 0 aromatic heterocycles. The summed E-state index contributed by atoms with van der Waals surface area (Å²) in [6.45, 7) is 7.44. The number of nitrogens with zero attached hydrogens (tertiary/aromatic N) is 2. The van der Waals surface area contributed by atoms with Crippen LogP contribution in [0.2, 0.25) is 0 Å². The van der Waals surface area contributed by atoms with Crippen molar-refractivity contribution in [2.45, 2.75) is 38.8 Å². The van der Waals surface area contributed by atoms with Crippen LogP contribution in [0.4, 0.5) is 0 Å². The lowest BCUT2D eigenvalue weighted by atomic mass is 10.1. The minimum atomic E-state index is -0.100. The summed E-state index contributed by atoms with van der Waals surface area (Å²) in [6, 6.07) is 7.97. The van der Waals surface area contributed by atoms with Crippen molar-refractivity contribution in [3.63, 3.8) is 0 Å². The van der Waals surface area contributed by atoms with Crippen molar-refractivity contribution in [3.8, 4) is 5.75 Å². The van der Waals surface area contributed by atoms with Crippen LogP contribution >= 0.6 is 0 Å². The minimum absolute atomic E-state index is 0.100. The van der Waals surface area contributed by atoms with Crippen molar-refractivity contribution in [3.05, 3.63) is 29.8 Å². The number of hydrogen-bond donors (Lipinski definition) is 3. The molecule has 1 aromatic carbocycles. The van der Waals surface area contributed by atoms with Gasteiger partial charge in [-0.25, -0.2) is 4.99 Å². The second kappa shape index (κ2) is 10.9. The van der Waals surface area contributed by atoms with Crippen LogP contribution in [0.1, 0.15) is 31.7 Å². The molecule has 1 saturated heterocycles. The van der Waals surface area contributed by atoms with E-state index in [0.29, 0.717) is 6.54 Å². The highest BCUT2D eigenvalue weighted by Crippen LogP contribution is 2.17. The number of aliphatic hydroxyl groups excluding tert-OH is 1. The number of guanidine groups is 1. The summed E-state index contributed by atoms with van der Waals surface area (Å²) in [5.41, 5.74) is 1.08. The van der Waals surface area contributed by atoms with E-state index in [2.05, 4.69) is 27.4 Å². The number of aliphatic hydroxyl groups is 1. The number of likely N-dealkylation sites (tertiary alicyclic amines) is 1. The molecule has 1 aromatic rings. The standard InChI is InChI=1S/C19H32N4O2/c1-3-20-19(22-15-16-7-4-5-8-18(16)25-2)21-11-6-12-23-13-9-17(24)10-14-23/h4-5,7-8,17,24H,3,6,9-15H2,1-2H3,(H2,20,21,22). The third kappa shape index (κ3) is 6.92. The van der Waals surface area contributed by atoms with Crippen LogP contribution in [-0.4, -0.2) is 61.9 Å². The van der Waals surface area contributed by atoms with E-state index in [1.807, 2.05) is 24.3 Å². The zero-order chi connectivity index (χ0) is 17.9. The molecule has 0 saturated carbocycles. The molecule has 1 aliphatic heterocycles. The Labute approximate surface area is 151 Å². The van der Waals surface area contributed by atoms with Gasteiger partial charge in [0.1, 0.15) is 5.75 Å². The molecule has 0 amide bonds. The third-order valence-corrected chi connectivity index (χ3v) is 4.44. The number of para-hydroxylation sites is 1.